The van der Waals surface area contributed by atoms with Gasteiger partial charge in [0, 0.05) is 12.3 Å². The average molecular weight is 350 g/mol. The van der Waals surface area contributed by atoms with E-state index in [4.69, 9.17) is 23.2 Å². The van der Waals surface area contributed by atoms with Crippen LogP contribution in [0.4, 0.5) is 24.8 Å². The second-order valence-corrected chi connectivity index (χ2v) is 4.87. The van der Waals surface area contributed by atoms with E-state index >= 15 is 0 Å². The van der Waals surface area contributed by atoms with Gasteiger partial charge in [-0.3, -0.25) is 9.36 Å². The van der Waals surface area contributed by atoms with Gasteiger partial charge in [-0.25, -0.2) is 4.98 Å². The van der Waals surface area contributed by atoms with Crippen molar-refractivity contribution in [1.29, 1.82) is 0 Å². The van der Waals surface area contributed by atoms with Crippen LogP contribution in [0.3, 0.4) is 0 Å². The SMILES string of the molecule is C=Cn1c(Nc2cccc(Cl)c2Cl)nc(C(F)(F)F)cc1=O. The molecule has 0 aliphatic carbocycles. The number of hydrogen-bond donors (Lipinski definition) is 1. The van der Waals surface area contributed by atoms with Crippen molar-refractivity contribution in [2.45, 2.75) is 6.18 Å². The molecular weight excluding hydrogens is 342 g/mol. The Hall–Kier alpha value is -1.99. The number of rotatable bonds is 3. The number of alkyl halides is 3. The molecule has 0 saturated carbocycles. The monoisotopic (exact) mass is 349 g/mol. The van der Waals surface area contributed by atoms with Crippen LogP contribution in [0, 0.1) is 0 Å². The topological polar surface area (TPSA) is 46.9 Å². The van der Waals surface area contributed by atoms with E-state index < -0.39 is 17.4 Å². The van der Waals surface area contributed by atoms with E-state index in [9.17, 15) is 18.0 Å². The van der Waals surface area contributed by atoms with Crippen LogP contribution in [0.25, 0.3) is 6.20 Å². The molecule has 0 spiro atoms. The number of anilines is 2. The number of benzene rings is 1. The number of halogens is 5. The molecule has 0 atom stereocenters. The molecule has 116 valence electrons. The van der Waals surface area contributed by atoms with E-state index in [1.165, 1.54) is 12.1 Å². The van der Waals surface area contributed by atoms with Crippen LogP contribution in [0.5, 0.6) is 0 Å². The molecule has 2 aromatic rings. The lowest BCUT2D eigenvalue weighted by atomic mass is 10.3. The highest BCUT2D eigenvalue weighted by Gasteiger charge is 2.34. The van der Waals surface area contributed by atoms with Gasteiger partial charge < -0.3 is 5.32 Å². The van der Waals surface area contributed by atoms with E-state index in [-0.39, 0.29) is 21.7 Å². The fourth-order valence-corrected chi connectivity index (χ4v) is 1.97. The molecular formula is C13H8Cl2F3N3O. The first-order chi connectivity index (χ1) is 10.2. The highest BCUT2D eigenvalue weighted by molar-refractivity contribution is 6.43. The number of nitrogens with one attached hydrogen (secondary N) is 1. The van der Waals surface area contributed by atoms with Crippen LogP contribution in [0.2, 0.25) is 10.0 Å². The van der Waals surface area contributed by atoms with Crippen molar-refractivity contribution >= 4 is 41.0 Å². The highest BCUT2D eigenvalue weighted by Crippen LogP contribution is 2.32. The summed E-state index contributed by atoms with van der Waals surface area (Å²) >= 11 is 11.8. The normalized spacial score (nSPS) is 11.3. The van der Waals surface area contributed by atoms with Gasteiger partial charge in [0.15, 0.2) is 5.69 Å². The predicted octanol–water partition coefficient (Wildman–Crippen LogP) is 4.41. The molecule has 2 rings (SSSR count). The van der Waals surface area contributed by atoms with Crippen LogP contribution < -0.4 is 10.9 Å². The Balaban J connectivity index is 2.58. The van der Waals surface area contributed by atoms with Crippen LogP contribution in [-0.4, -0.2) is 9.55 Å². The predicted molar refractivity (Wildman–Crippen MR) is 79.6 cm³/mol. The molecule has 0 bridgehead atoms. The minimum atomic E-state index is -4.76. The third-order valence-electron chi connectivity index (χ3n) is 2.62. The van der Waals surface area contributed by atoms with Crippen LogP contribution in [0.1, 0.15) is 5.69 Å². The Kier molecular flexibility index (Phi) is 4.48. The van der Waals surface area contributed by atoms with Crippen molar-refractivity contribution in [2.75, 3.05) is 5.32 Å². The molecule has 0 unspecified atom stereocenters. The molecule has 9 heteroatoms. The molecule has 22 heavy (non-hydrogen) atoms. The quantitative estimate of drug-likeness (QED) is 0.892. The molecule has 0 aliphatic rings. The fraction of sp³-hybridized carbons (Fsp3) is 0.0769. The highest BCUT2D eigenvalue weighted by atomic mass is 35.5. The van der Waals surface area contributed by atoms with Gasteiger partial charge in [-0.1, -0.05) is 35.8 Å². The molecule has 0 radical (unpaired) electrons. The van der Waals surface area contributed by atoms with Gasteiger partial charge in [-0.2, -0.15) is 13.2 Å². The summed E-state index contributed by atoms with van der Waals surface area (Å²) < 4.78 is 39.1. The standard InChI is InChI=1S/C13H8Cl2F3N3O/c1-2-21-10(22)6-9(13(16,17)18)20-12(21)19-8-5-3-4-7(14)11(8)15/h2-6H,1H2,(H,19,20). The second kappa shape index (κ2) is 6.02. The van der Waals surface area contributed by atoms with Crippen molar-refractivity contribution in [1.82, 2.24) is 9.55 Å². The van der Waals surface area contributed by atoms with Crippen LogP contribution in [0.15, 0.2) is 35.6 Å². The summed E-state index contributed by atoms with van der Waals surface area (Å²) in [5.41, 5.74) is -2.05. The van der Waals surface area contributed by atoms with E-state index in [0.717, 1.165) is 10.8 Å². The summed E-state index contributed by atoms with van der Waals surface area (Å²) in [6.07, 6.45) is -3.72. The Morgan fingerprint density at radius 3 is 2.59 bits per heavy atom. The lowest BCUT2D eigenvalue weighted by Crippen LogP contribution is -2.23. The van der Waals surface area contributed by atoms with Gasteiger partial charge >= 0.3 is 6.18 Å². The van der Waals surface area contributed by atoms with Gasteiger partial charge in [0.25, 0.3) is 5.56 Å². The van der Waals surface area contributed by atoms with Crippen molar-refractivity contribution < 1.29 is 13.2 Å². The second-order valence-electron chi connectivity index (χ2n) is 4.08. The van der Waals surface area contributed by atoms with Crippen molar-refractivity contribution in [3.05, 3.63) is 56.9 Å². The van der Waals surface area contributed by atoms with Gasteiger partial charge in [0.05, 0.1) is 15.7 Å². The van der Waals surface area contributed by atoms with E-state index in [1.54, 1.807) is 6.07 Å². The first-order valence-corrected chi connectivity index (χ1v) is 6.54. The maximum Gasteiger partial charge on any atom is 0.433 e. The summed E-state index contributed by atoms with van der Waals surface area (Å²) in [6.45, 7) is 3.37. The van der Waals surface area contributed by atoms with Gasteiger partial charge in [-0.05, 0) is 12.1 Å². The third kappa shape index (κ3) is 3.26. The lowest BCUT2D eigenvalue weighted by molar-refractivity contribution is -0.141. The summed E-state index contributed by atoms with van der Waals surface area (Å²) in [4.78, 5) is 15.1. The number of hydrogen-bond acceptors (Lipinski definition) is 3. The minimum Gasteiger partial charge on any atom is -0.324 e. The summed E-state index contributed by atoms with van der Waals surface area (Å²) in [5.74, 6) is -0.376. The molecule has 0 fully saturated rings. The fourth-order valence-electron chi connectivity index (χ4n) is 1.62. The number of nitrogens with zero attached hydrogens (tertiary/aromatic N) is 2. The Morgan fingerprint density at radius 2 is 2.00 bits per heavy atom. The van der Waals surface area contributed by atoms with E-state index in [2.05, 4.69) is 16.9 Å². The van der Waals surface area contributed by atoms with Gasteiger partial charge in [-0.15, -0.1) is 0 Å². The summed E-state index contributed by atoms with van der Waals surface area (Å²) in [6, 6.07) is 4.91. The van der Waals surface area contributed by atoms with Crippen molar-refractivity contribution in [3.8, 4) is 0 Å². The zero-order valence-corrected chi connectivity index (χ0v) is 12.3. The molecule has 0 saturated heterocycles. The molecule has 0 amide bonds. The Morgan fingerprint density at radius 1 is 1.32 bits per heavy atom. The van der Waals surface area contributed by atoms with Crippen LogP contribution >= 0.6 is 23.2 Å². The molecule has 1 aromatic carbocycles. The molecule has 0 aliphatic heterocycles. The van der Waals surface area contributed by atoms with Crippen molar-refractivity contribution in [2.24, 2.45) is 0 Å². The maximum atomic E-state index is 12.8. The smallest absolute Gasteiger partial charge is 0.324 e. The van der Waals surface area contributed by atoms with E-state index in [0.29, 0.717) is 6.07 Å². The zero-order valence-electron chi connectivity index (χ0n) is 10.8. The first kappa shape index (κ1) is 16.4. The summed E-state index contributed by atoms with van der Waals surface area (Å²) in [7, 11) is 0. The average Bonchev–Trinajstić information content (AvgIpc) is 2.42. The largest absolute Gasteiger partial charge is 0.433 e. The Bertz CT molecular complexity index is 787. The van der Waals surface area contributed by atoms with Crippen LogP contribution in [-0.2, 0) is 6.18 Å². The zero-order chi connectivity index (χ0) is 16.5. The maximum absolute atomic E-state index is 12.8. The molecule has 1 aromatic heterocycles. The number of aromatic nitrogens is 2. The van der Waals surface area contributed by atoms with Crippen molar-refractivity contribution in [3.63, 3.8) is 0 Å². The van der Waals surface area contributed by atoms with E-state index in [1.807, 2.05) is 0 Å². The lowest BCUT2D eigenvalue weighted by Gasteiger charge is -2.14. The first-order valence-electron chi connectivity index (χ1n) is 5.78. The van der Waals surface area contributed by atoms with Gasteiger partial charge in [0.1, 0.15) is 0 Å². The molecule has 1 heterocycles. The minimum absolute atomic E-state index is 0.0893. The van der Waals surface area contributed by atoms with Gasteiger partial charge in [0.2, 0.25) is 5.95 Å². The third-order valence-corrected chi connectivity index (χ3v) is 3.44. The molecule has 1 N–H and O–H groups in total. The Labute approximate surface area is 132 Å². The molecule has 4 nitrogen and oxygen atoms in total. The summed E-state index contributed by atoms with van der Waals surface area (Å²) in [5, 5.41) is 2.84.